The second kappa shape index (κ2) is 5.25. The molecule has 1 rings (SSSR count). The molecular weight excluding hydrogens is 255 g/mol. The Labute approximate surface area is 90.4 Å². The van der Waals surface area contributed by atoms with Crippen LogP contribution in [0.2, 0.25) is 0 Å². The third-order valence-electron chi connectivity index (χ3n) is 1.61. The van der Waals surface area contributed by atoms with Crippen molar-refractivity contribution in [3.63, 3.8) is 0 Å². The van der Waals surface area contributed by atoms with Crippen molar-refractivity contribution in [2.24, 2.45) is 0 Å². The summed E-state index contributed by atoms with van der Waals surface area (Å²) in [4.78, 5) is 10.4. The molecule has 0 aliphatic rings. The minimum atomic E-state index is -0.868. The van der Waals surface area contributed by atoms with Gasteiger partial charge in [0.2, 0.25) is 0 Å². The fourth-order valence-corrected chi connectivity index (χ4v) is 0.883. The number of aryl methyl sites for hydroxylation is 1. The number of carboxylic acids is 1. The van der Waals surface area contributed by atoms with Crippen molar-refractivity contribution in [2.75, 3.05) is 0 Å². The second-order valence-electron chi connectivity index (χ2n) is 2.36. The first-order chi connectivity index (χ1) is 5.24. The summed E-state index contributed by atoms with van der Waals surface area (Å²) < 4.78 is 0. The minimum Gasteiger partial charge on any atom is -0.478 e. The van der Waals surface area contributed by atoms with E-state index in [9.17, 15) is 4.79 Å². The quantitative estimate of drug-likeness (QED) is 0.881. The predicted octanol–water partition coefficient (Wildman–Crippen LogP) is 1.57. The van der Waals surface area contributed by atoms with Crippen LogP contribution in [-0.4, -0.2) is 36.9 Å². The summed E-state index contributed by atoms with van der Waals surface area (Å²) >= 11 is 0. The summed E-state index contributed by atoms with van der Waals surface area (Å²) in [5, 5.41) is 8.55. The number of rotatable bonds is 2. The Hall–Kier alpha value is -0.440. The number of hydrogen-bond donors (Lipinski definition) is 1. The molecule has 61 valence electrons. The Kier molecular flexibility index (Phi) is 5.06. The normalized spacial score (nSPS) is 8.75. The predicted molar refractivity (Wildman–Crippen MR) is 48.5 cm³/mol. The smallest absolute Gasteiger partial charge is 0.335 e. The van der Waals surface area contributed by atoms with Gasteiger partial charge in [0.15, 0.2) is 0 Å². The van der Waals surface area contributed by atoms with Gasteiger partial charge in [-0.2, -0.15) is 0 Å². The molecule has 0 fully saturated rings. The summed E-state index contributed by atoms with van der Waals surface area (Å²) in [5.41, 5.74) is 1.51. The second-order valence-corrected chi connectivity index (χ2v) is 2.36. The van der Waals surface area contributed by atoms with E-state index in [1.165, 1.54) is 0 Å². The summed E-state index contributed by atoms with van der Waals surface area (Å²) in [7, 11) is 0. The number of carbonyl (C=O) groups is 1. The van der Waals surface area contributed by atoms with Gasteiger partial charge in [-0.1, -0.05) is 19.1 Å². The molecule has 0 unspecified atom stereocenters. The molecular formula is C9H10InO2. The Morgan fingerprint density at radius 3 is 2.17 bits per heavy atom. The van der Waals surface area contributed by atoms with Gasteiger partial charge in [0, 0.05) is 25.8 Å². The first-order valence-electron chi connectivity index (χ1n) is 3.56. The van der Waals surface area contributed by atoms with Crippen molar-refractivity contribution in [3.05, 3.63) is 35.4 Å². The molecule has 0 amide bonds. The largest absolute Gasteiger partial charge is 0.478 e. The van der Waals surface area contributed by atoms with Crippen LogP contribution >= 0.6 is 0 Å². The number of aromatic carboxylic acids is 1. The molecule has 0 saturated heterocycles. The molecule has 1 aromatic rings. The average Bonchev–Trinajstić information content (AvgIpc) is 2.05. The fourth-order valence-electron chi connectivity index (χ4n) is 0.883. The molecule has 0 saturated carbocycles. The molecule has 0 spiro atoms. The van der Waals surface area contributed by atoms with Gasteiger partial charge in [0.1, 0.15) is 0 Å². The van der Waals surface area contributed by atoms with Crippen molar-refractivity contribution in [2.45, 2.75) is 13.3 Å². The van der Waals surface area contributed by atoms with Crippen molar-refractivity contribution < 1.29 is 9.90 Å². The van der Waals surface area contributed by atoms with Crippen molar-refractivity contribution >= 4 is 31.8 Å². The number of hydrogen-bond acceptors (Lipinski definition) is 1. The van der Waals surface area contributed by atoms with Crippen LogP contribution in [0, 0.1) is 0 Å². The van der Waals surface area contributed by atoms with E-state index < -0.39 is 5.97 Å². The maximum atomic E-state index is 10.4. The van der Waals surface area contributed by atoms with E-state index in [1.807, 2.05) is 19.1 Å². The van der Waals surface area contributed by atoms with Gasteiger partial charge in [-0.25, -0.2) is 4.79 Å². The molecule has 0 bridgehead atoms. The molecule has 1 aromatic carbocycles. The van der Waals surface area contributed by atoms with E-state index in [0.717, 1.165) is 12.0 Å². The SMILES string of the molecule is CCc1ccc(C(=O)O)cc1.[In]. The van der Waals surface area contributed by atoms with Crippen LogP contribution in [0.3, 0.4) is 0 Å². The van der Waals surface area contributed by atoms with E-state index in [2.05, 4.69) is 0 Å². The molecule has 0 aliphatic carbocycles. The van der Waals surface area contributed by atoms with E-state index in [0.29, 0.717) is 5.56 Å². The van der Waals surface area contributed by atoms with Gasteiger partial charge < -0.3 is 5.11 Å². The van der Waals surface area contributed by atoms with Crippen molar-refractivity contribution in [1.82, 2.24) is 0 Å². The zero-order valence-electron chi connectivity index (χ0n) is 6.95. The van der Waals surface area contributed by atoms with Crippen LogP contribution < -0.4 is 0 Å². The molecule has 0 aliphatic heterocycles. The molecule has 1 N–H and O–H groups in total. The van der Waals surface area contributed by atoms with Gasteiger partial charge in [-0.3, -0.25) is 0 Å². The molecule has 0 heterocycles. The van der Waals surface area contributed by atoms with E-state index in [-0.39, 0.29) is 25.8 Å². The van der Waals surface area contributed by atoms with Crippen LogP contribution in [0.5, 0.6) is 0 Å². The third kappa shape index (κ3) is 2.89. The minimum absolute atomic E-state index is 0. The van der Waals surface area contributed by atoms with Crippen LogP contribution in [-0.2, 0) is 6.42 Å². The van der Waals surface area contributed by atoms with Gasteiger partial charge in [0.25, 0.3) is 0 Å². The summed E-state index contributed by atoms with van der Waals surface area (Å²) in [5.74, 6) is -0.868. The zero-order valence-corrected chi connectivity index (χ0v) is 10.2. The summed E-state index contributed by atoms with van der Waals surface area (Å²) in [6.07, 6.45) is 0.944. The van der Waals surface area contributed by atoms with E-state index in [1.54, 1.807) is 12.1 Å². The summed E-state index contributed by atoms with van der Waals surface area (Å²) in [6.45, 7) is 2.04. The monoisotopic (exact) mass is 265 g/mol. The Bertz CT molecular complexity index is 254. The topological polar surface area (TPSA) is 37.3 Å². The summed E-state index contributed by atoms with van der Waals surface area (Å²) in [6, 6.07) is 6.93. The zero-order chi connectivity index (χ0) is 8.27. The molecule has 3 heteroatoms. The van der Waals surface area contributed by atoms with Gasteiger partial charge in [-0.15, -0.1) is 0 Å². The van der Waals surface area contributed by atoms with Gasteiger partial charge >= 0.3 is 5.97 Å². The van der Waals surface area contributed by atoms with E-state index in [4.69, 9.17) is 5.11 Å². The Morgan fingerprint density at radius 2 is 1.83 bits per heavy atom. The Morgan fingerprint density at radius 1 is 1.33 bits per heavy atom. The molecule has 2 nitrogen and oxygen atoms in total. The first-order valence-corrected chi connectivity index (χ1v) is 3.56. The maximum Gasteiger partial charge on any atom is 0.335 e. The molecule has 0 aromatic heterocycles. The van der Waals surface area contributed by atoms with Gasteiger partial charge in [-0.05, 0) is 24.1 Å². The number of carboxylic acid groups (broad SMARTS) is 1. The maximum absolute atomic E-state index is 10.4. The van der Waals surface area contributed by atoms with Gasteiger partial charge in [0.05, 0.1) is 5.56 Å². The molecule has 12 heavy (non-hydrogen) atoms. The third-order valence-corrected chi connectivity index (χ3v) is 1.61. The van der Waals surface area contributed by atoms with Crippen LogP contribution in [0.4, 0.5) is 0 Å². The fraction of sp³-hybridized carbons (Fsp3) is 0.222. The van der Waals surface area contributed by atoms with Crippen LogP contribution in [0.1, 0.15) is 22.8 Å². The van der Waals surface area contributed by atoms with E-state index >= 15 is 0 Å². The molecule has 3 radical (unpaired) electrons. The van der Waals surface area contributed by atoms with Crippen molar-refractivity contribution in [3.8, 4) is 0 Å². The average molecular weight is 265 g/mol. The van der Waals surface area contributed by atoms with Crippen LogP contribution in [0.25, 0.3) is 0 Å². The Balaban J connectivity index is 0.00000121. The molecule has 0 atom stereocenters. The number of benzene rings is 1. The first kappa shape index (κ1) is 11.6. The van der Waals surface area contributed by atoms with Crippen LogP contribution in [0.15, 0.2) is 24.3 Å². The van der Waals surface area contributed by atoms with Crippen molar-refractivity contribution in [1.29, 1.82) is 0 Å². The standard InChI is InChI=1S/C9H10O2.In/c1-2-7-3-5-8(6-4-7)9(10)11;/h3-6H,2H2,1H3,(H,10,11);.